The van der Waals surface area contributed by atoms with Crippen molar-refractivity contribution in [2.75, 3.05) is 18.2 Å². The molecule has 3 rings (SSSR count). The van der Waals surface area contributed by atoms with E-state index in [1.807, 2.05) is 13.8 Å². The van der Waals surface area contributed by atoms with Crippen molar-refractivity contribution >= 4 is 33.8 Å². The van der Waals surface area contributed by atoms with Gasteiger partial charge in [0.1, 0.15) is 5.54 Å². The van der Waals surface area contributed by atoms with Gasteiger partial charge in [-0.25, -0.2) is 8.42 Å². The Morgan fingerprint density at radius 2 is 2.04 bits per heavy atom. The summed E-state index contributed by atoms with van der Waals surface area (Å²) in [5, 5.41) is 2.80. The van der Waals surface area contributed by atoms with Crippen LogP contribution in [0.2, 0.25) is 0 Å². The van der Waals surface area contributed by atoms with Crippen molar-refractivity contribution in [1.82, 2.24) is 0 Å². The van der Waals surface area contributed by atoms with E-state index in [1.165, 1.54) is 12.1 Å². The molecule has 3 N–H and O–H groups in total. The maximum atomic E-state index is 12.9. The fourth-order valence-corrected chi connectivity index (χ4v) is 4.74. The minimum atomic E-state index is -3.33. The largest absolute Gasteiger partial charge is 0.377 e. The number of sulfone groups is 1. The first-order valence-corrected chi connectivity index (χ1v) is 9.99. The molecule has 1 aromatic carbocycles. The highest BCUT2D eigenvalue weighted by molar-refractivity contribution is 7.90. The smallest absolute Gasteiger partial charge is 0.245 e. The lowest BCUT2D eigenvalue weighted by Gasteiger charge is -2.65. The molecule has 140 valence electrons. The number of ether oxygens (including phenoxy) is 1. The topological polar surface area (TPSA) is 98.5 Å². The molecule has 6 nitrogen and oxygen atoms in total. The van der Waals surface area contributed by atoms with Gasteiger partial charge in [-0.3, -0.25) is 4.79 Å². The predicted octanol–water partition coefficient (Wildman–Crippen LogP) is 1.98. The first kappa shape index (κ1) is 20.2. The number of amides is 1. The maximum Gasteiger partial charge on any atom is 0.245 e. The van der Waals surface area contributed by atoms with Gasteiger partial charge in [0, 0.05) is 29.9 Å². The molecule has 25 heavy (non-hydrogen) atoms. The van der Waals surface area contributed by atoms with Crippen LogP contribution in [0.25, 0.3) is 0 Å². The van der Waals surface area contributed by atoms with Crippen LogP contribution in [-0.2, 0) is 19.4 Å². The molecule has 1 saturated carbocycles. The van der Waals surface area contributed by atoms with Gasteiger partial charge < -0.3 is 15.8 Å². The minimum Gasteiger partial charge on any atom is -0.377 e. The standard InChI is InChI=1S/C17H24N2O4S.ClH/c1-16(2)14-13(8-5-9-23-14)17(16,18)15(20)19-11-6-4-7-12(10-11)24(3,21)22;/h4,6-7,10,13-14H,5,8-9,18H2,1-3H3,(H,19,20);1H. The predicted molar refractivity (Wildman–Crippen MR) is 98.6 cm³/mol. The van der Waals surface area contributed by atoms with Crippen molar-refractivity contribution in [3.05, 3.63) is 24.3 Å². The molecule has 1 aliphatic carbocycles. The summed E-state index contributed by atoms with van der Waals surface area (Å²) in [5.41, 5.74) is 5.47. The summed E-state index contributed by atoms with van der Waals surface area (Å²) in [5.74, 6) is -0.302. The average molecular weight is 389 g/mol. The van der Waals surface area contributed by atoms with E-state index in [9.17, 15) is 13.2 Å². The molecule has 1 aliphatic heterocycles. The third kappa shape index (κ3) is 3.07. The first-order valence-electron chi connectivity index (χ1n) is 8.10. The van der Waals surface area contributed by atoms with E-state index < -0.39 is 20.8 Å². The number of carbonyl (C=O) groups excluding carboxylic acids is 1. The van der Waals surface area contributed by atoms with E-state index in [4.69, 9.17) is 10.5 Å². The van der Waals surface area contributed by atoms with Crippen LogP contribution in [0, 0.1) is 11.3 Å². The fraction of sp³-hybridized carbons (Fsp3) is 0.588. The molecule has 2 aliphatic rings. The molecule has 0 radical (unpaired) electrons. The Morgan fingerprint density at radius 1 is 1.36 bits per heavy atom. The third-order valence-corrected chi connectivity index (χ3v) is 6.69. The molecule has 3 atom stereocenters. The summed E-state index contributed by atoms with van der Waals surface area (Å²) in [6.07, 6.45) is 2.88. The van der Waals surface area contributed by atoms with E-state index in [2.05, 4.69) is 5.32 Å². The van der Waals surface area contributed by atoms with Crippen LogP contribution in [0.1, 0.15) is 26.7 Å². The van der Waals surface area contributed by atoms with Crippen LogP contribution in [0.4, 0.5) is 5.69 Å². The zero-order valence-electron chi connectivity index (χ0n) is 14.6. The summed E-state index contributed by atoms with van der Waals surface area (Å²) >= 11 is 0. The zero-order chi connectivity index (χ0) is 17.8. The van der Waals surface area contributed by atoms with Crippen molar-refractivity contribution in [3.8, 4) is 0 Å². The van der Waals surface area contributed by atoms with Crippen molar-refractivity contribution in [2.45, 2.75) is 43.2 Å². The number of benzene rings is 1. The molecular weight excluding hydrogens is 364 g/mol. The number of anilines is 1. The van der Waals surface area contributed by atoms with E-state index in [0.717, 1.165) is 19.1 Å². The summed E-state index contributed by atoms with van der Waals surface area (Å²) < 4.78 is 29.2. The van der Waals surface area contributed by atoms with Gasteiger partial charge in [0.25, 0.3) is 0 Å². The number of nitrogens with one attached hydrogen (secondary N) is 1. The Labute approximate surface area is 154 Å². The molecule has 8 heteroatoms. The van der Waals surface area contributed by atoms with Gasteiger partial charge in [-0.15, -0.1) is 12.4 Å². The Morgan fingerprint density at radius 3 is 2.68 bits per heavy atom. The van der Waals surface area contributed by atoms with E-state index in [0.29, 0.717) is 12.3 Å². The van der Waals surface area contributed by atoms with E-state index >= 15 is 0 Å². The molecule has 0 spiro atoms. The number of carbonyl (C=O) groups is 1. The van der Waals surface area contributed by atoms with Crippen LogP contribution >= 0.6 is 12.4 Å². The summed E-state index contributed by atoms with van der Waals surface area (Å²) in [7, 11) is -3.33. The van der Waals surface area contributed by atoms with Gasteiger partial charge in [-0.1, -0.05) is 19.9 Å². The van der Waals surface area contributed by atoms with Crippen LogP contribution in [0.5, 0.6) is 0 Å². The number of hydrogen-bond donors (Lipinski definition) is 2. The molecule has 0 aromatic heterocycles. The summed E-state index contributed by atoms with van der Waals surface area (Å²) in [4.78, 5) is 13.1. The highest BCUT2D eigenvalue weighted by atomic mass is 35.5. The van der Waals surface area contributed by atoms with Crippen molar-refractivity contribution in [2.24, 2.45) is 17.1 Å². The van der Waals surface area contributed by atoms with Gasteiger partial charge in [-0.2, -0.15) is 0 Å². The van der Waals surface area contributed by atoms with Crippen LogP contribution in [-0.4, -0.2) is 38.8 Å². The number of hydrogen-bond acceptors (Lipinski definition) is 5. The number of nitrogens with two attached hydrogens (primary N) is 1. The van der Waals surface area contributed by atoms with Crippen LogP contribution in [0.3, 0.4) is 0 Å². The average Bonchev–Trinajstić information content (AvgIpc) is 2.53. The molecule has 1 heterocycles. The Bertz CT molecular complexity index is 781. The monoisotopic (exact) mass is 388 g/mol. The second-order valence-electron chi connectivity index (χ2n) is 7.38. The Kier molecular flexibility index (Phi) is 5.27. The second-order valence-corrected chi connectivity index (χ2v) is 9.40. The van der Waals surface area contributed by atoms with Gasteiger partial charge in [0.15, 0.2) is 9.84 Å². The molecule has 1 saturated heterocycles. The lowest BCUT2D eigenvalue weighted by molar-refractivity contribution is -0.222. The van der Waals surface area contributed by atoms with Crippen molar-refractivity contribution in [1.29, 1.82) is 0 Å². The first-order chi connectivity index (χ1) is 11.1. The lowest BCUT2D eigenvalue weighted by atomic mass is 9.46. The zero-order valence-corrected chi connectivity index (χ0v) is 16.2. The molecular formula is C17H25ClN2O4S. The third-order valence-electron chi connectivity index (χ3n) is 5.58. The SMILES string of the molecule is CC1(C)C2OCCCC2C1(N)C(=O)Nc1cccc(S(C)(=O)=O)c1.Cl. The van der Waals surface area contributed by atoms with Gasteiger partial charge in [0.05, 0.1) is 11.0 Å². The highest BCUT2D eigenvalue weighted by Gasteiger charge is 2.70. The Hall–Kier alpha value is -1.15. The quantitative estimate of drug-likeness (QED) is 0.824. The summed E-state index contributed by atoms with van der Waals surface area (Å²) in [6, 6.07) is 6.22. The molecule has 3 unspecified atom stereocenters. The minimum absolute atomic E-state index is 0. The summed E-state index contributed by atoms with van der Waals surface area (Å²) in [6.45, 7) is 4.61. The molecule has 1 aromatic rings. The van der Waals surface area contributed by atoms with Crippen molar-refractivity contribution in [3.63, 3.8) is 0 Å². The number of fused-ring (bicyclic) bond motifs is 1. The normalized spacial score (nSPS) is 30.4. The second kappa shape index (κ2) is 6.54. The number of rotatable bonds is 3. The van der Waals surface area contributed by atoms with E-state index in [-0.39, 0.29) is 35.2 Å². The van der Waals surface area contributed by atoms with Crippen molar-refractivity contribution < 1.29 is 17.9 Å². The number of halogens is 1. The lowest BCUT2D eigenvalue weighted by Crippen LogP contribution is -2.81. The molecule has 0 bridgehead atoms. The van der Waals surface area contributed by atoms with Crippen LogP contribution in [0.15, 0.2) is 29.2 Å². The molecule has 2 fully saturated rings. The fourth-order valence-electron chi connectivity index (χ4n) is 4.08. The maximum absolute atomic E-state index is 12.9. The van der Waals surface area contributed by atoms with E-state index in [1.54, 1.807) is 12.1 Å². The highest BCUT2D eigenvalue weighted by Crippen LogP contribution is 2.57. The van der Waals surface area contributed by atoms with Gasteiger partial charge in [0.2, 0.25) is 5.91 Å². The van der Waals surface area contributed by atoms with Gasteiger partial charge in [-0.05, 0) is 31.0 Å². The van der Waals surface area contributed by atoms with Gasteiger partial charge >= 0.3 is 0 Å². The molecule has 1 amide bonds. The van der Waals surface area contributed by atoms with Crippen LogP contribution < -0.4 is 11.1 Å². The Balaban J connectivity index is 0.00000225.